The number of benzene rings is 2. The molecule has 116 valence electrons. The molecule has 0 saturated carbocycles. The Morgan fingerprint density at radius 3 is 2.27 bits per heavy atom. The van der Waals surface area contributed by atoms with Gasteiger partial charge in [-0.2, -0.15) is 0 Å². The minimum atomic E-state index is -3.51. The molecule has 2 aromatic rings. The molecule has 0 spiro atoms. The van der Waals surface area contributed by atoms with Crippen LogP contribution in [0.4, 0.5) is 5.69 Å². The molecule has 22 heavy (non-hydrogen) atoms. The van der Waals surface area contributed by atoms with Crippen molar-refractivity contribution in [2.45, 2.75) is 11.8 Å². The summed E-state index contributed by atoms with van der Waals surface area (Å²) in [6.07, 6.45) is 0. The molecule has 0 aliphatic rings. The molecule has 0 fully saturated rings. The molecule has 5 nitrogen and oxygen atoms in total. The molecule has 2 N–H and O–H groups in total. The molecular weight excluding hydrogens is 324 g/mol. The molecule has 0 unspecified atom stereocenters. The quantitative estimate of drug-likeness (QED) is 0.900. The largest absolute Gasteiger partial charge is 0.321 e. The standard InChI is InChI=1S/C15H15ClN2O3S/c1-10-3-8-14(13(16)9-10)18-15(19)11-4-6-12(7-5-11)22(20,21)17-2/h3-9,17H,1-2H3,(H,18,19). The van der Waals surface area contributed by atoms with E-state index in [1.54, 1.807) is 12.1 Å². The van der Waals surface area contributed by atoms with E-state index in [9.17, 15) is 13.2 Å². The molecular formula is C15H15ClN2O3S. The van der Waals surface area contributed by atoms with E-state index in [2.05, 4.69) is 10.0 Å². The number of rotatable bonds is 4. The molecule has 0 bridgehead atoms. The Morgan fingerprint density at radius 2 is 1.73 bits per heavy atom. The summed E-state index contributed by atoms with van der Waals surface area (Å²) in [7, 11) is -2.19. The van der Waals surface area contributed by atoms with Gasteiger partial charge in [-0.05, 0) is 55.9 Å². The molecule has 2 aromatic carbocycles. The van der Waals surface area contributed by atoms with Gasteiger partial charge in [0.2, 0.25) is 10.0 Å². The SMILES string of the molecule is CNS(=O)(=O)c1ccc(C(=O)Nc2ccc(C)cc2Cl)cc1. The van der Waals surface area contributed by atoms with Crippen LogP contribution in [0.25, 0.3) is 0 Å². The third kappa shape index (κ3) is 3.65. The van der Waals surface area contributed by atoms with Crippen molar-refractivity contribution in [1.29, 1.82) is 0 Å². The fourth-order valence-electron chi connectivity index (χ4n) is 1.82. The summed E-state index contributed by atoms with van der Waals surface area (Å²) in [4.78, 5) is 12.2. The van der Waals surface area contributed by atoms with Crippen LogP contribution in [0.1, 0.15) is 15.9 Å². The molecule has 0 atom stereocenters. The van der Waals surface area contributed by atoms with E-state index in [0.29, 0.717) is 16.3 Å². The van der Waals surface area contributed by atoms with Crippen molar-refractivity contribution < 1.29 is 13.2 Å². The second kappa shape index (κ2) is 6.48. The van der Waals surface area contributed by atoms with Gasteiger partial charge in [0.1, 0.15) is 0 Å². The molecule has 0 aliphatic heterocycles. The van der Waals surface area contributed by atoms with Crippen LogP contribution in [-0.4, -0.2) is 21.4 Å². The first kappa shape index (κ1) is 16.5. The third-order valence-corrected chi connectivity index (χ3v) is 4.81. The predicted octanol–water partition coefficient (Wildman–Crippen LogP) is 2.81. The van der Waals surface area contributed by atoms with E-state index in [1.807, 2.05) is 13.0 Å². The topological polar surface area (TPSA) is 75.3 Å². The molecule has 1 amide bonds. The van der Waals surface area contributed by atoms with Crippen molar-refractivity contribution >= 4 is 33.2 Å². The lowest BCUT2D eigenvalue weighted by Gasteiger charge is -2.08. The summed E-state index contributed by atoms with van der Waals surface area (Å²) < 4.78 is 25.5. The number of anilines is 1. The highest BCUT2D eigenvalue weighted by Gasteiger charge is 2.13. The van der Waals surface area contributed by atoms with Crippen molar-refractivity contribution in [3.63, 3.8) is 0 Å². The predicted molar refractivity (Wildman–Crippen MR) is 86.8 cm³/mol. The van der Waals surface area contributed by atoms with Gasteiger partial charge in [0.05, 0.1) is 15.6 Å². The van der Waals surface area contributed by atoms with Crippen LogP contribution < -0.4 is 10.0 Å². The lowest BCUT2D eigenvalue weighted by Crippen LogP contribution is -2.19. The maximum absolute atomic E-state index is 12.1. The normalized spacial score (nSPS) is 11.2. The second-order valence-electron chi connectivity index (χ2n) is 4.67. The van der Waals surface area contributed by atoms with Crippen LogP contribution >= 0.6 is 11.6 Å². The summed E-state index contributed by atoms with van der Waals surface area (Å²) in [5.41, 5.74) is 1.83. The van der Waals surface area contributed by atoms with Gasteiger partial charge in [0.25, 0.3) is 5.91 Å². The van der Waals surface area contributed by atoms with E-state index in [1.165, 1.54) is 31.3 Å². The molecule has 0 saturated heterocycles. The molecule has 0 heterocycles. The maximum atomic E-state index is 12.1. The van der Waals surface area contributed by atoms with E-state index in [0.717, 1.165) is 5.56 Å². The summed E-state index contributed by atoms with van der Waals surface area (Å²) in [5, 5.41) is 3.14. The zero-order chi connectivity index (χ0) is 16.3. The highest BCUT2D eigenvalue weighted by Crippen LogP contribution is 2.23. The molecule has 7 heteroatoms. The highest BCUT2D eigenvalue weighted by atomic mass is 35.5. The van der Waals surface area contributed by atoms with Crippen LogP contribution in [0, 0.1) is 6.92 Å². The second-order valence-corrected chi connectivity index (χ2v) is 6.96. The Kier molecular flexibility index (Phi) is 4.85. The highest BCUT2D eigenvalue weighted by molar-refractivity contribution is 7.89. The molecule has 2 rings (SSSR count). The van der Waals surface area contributed by atoms with Gasteiger partial charge in [0, 0.05) is 5.56 Å². The minimum absolute atomic E-state index is 0.0971. The average Bonchev–Trinajstić information content (AvgIpc) is 2.50. The van der Waals surface area contributed by atoms with Crippen LogP contribution in [0.5, 0.6) is 0 Å². The fourth-order valence-corrected chi connectivity index (χ4v) is 2.83. The Labute approximate surface area is 134 Å². The van der Waals surface area contributed by atoms with Crippen molar-refractivity contribution in [2.24, 2.45) is 0 Å². The molecule has 0 aromatic heterocycles. The Bertz CT molecular complexity index is 802. The Morgan fingerprint density at radius 1 is 1.09 bits per heavy atom. The zero-order valence-electron chi connectivity index (χ0n) is 12.1. The third-order valence-electron chi connectivity index (χ3n) is 3.07. The number of aryl methyl sites for hydroxylation is 1. The first-order valence-electron chi connectivity index (χ1n) is 6.44. The van der Waals surface area contributed by atoms with Crippen LogP contribution in [-0.2, 0) is 10.0 Å². The van der Waals surface area contributed by atoms with E-state index >= 15 is 0 Å². The Balaban J connectivity index is 2.20. The number of sulfonamides is 1. The van der Waals surface area contributed by atoms with Gasteiger partial charge in [0.15, 0.2) is 0 Å². The number of nitrogens with one attached hydrogen (secondary N) is 2. The van der Waals surface area contributed by atoms with Gasteiger partial charge in [-0.15, -0.1) is 0 Å². The lowest BCUT2D eigenvalue weighted by molar-refractivity contribution is 0.102. The first-order valence-corrected chi connectivity index (χ1v) is 8.31. The van der Waals surface area contributed by atoms with E-state index in [4.69, 9.17) is 11.6 Å². The number of carbonyl (C=O) groups is 1. The first-order chi connectivity index (χ1) is 10.3. The summed E-state index contributed by atoms with van der Waals surface area (Å²) in [6, 6.07) is 10.9. The fraction of sp³-hybridized carbons (Fsp3) is 0.133. The smallest absolute Gasteiger partial charge is 0.255 e. The van der Waals surface area contributed by atoms with Gasteiger partial charge >= 0.3 is 0 Å². The summed E-state index contributed by atoms with van der Waals surface area (Å²) in [6.45, 7) is 1.90. The van der Waals surface area contributed by atoms with Crippen molar-refractivity contribution in [2.75, 3.05) is 12.4 Å². The number of hydrogen-bond acceptors (Lipinski definition) is 3. The minimum Gasteiger partial charge on any atom is -0.321 e. The molecule has 0 aliphatic carbocycles. The number of carbonyl (C=O) groups excluding carboxylic acids is 1. The van der Waals surface area contributed by atoms with Crippen LogP contribution in [0.3, 0.4) is 0 Å². The number of amides is 1. The maximum Gasteiger partial charge on any atom is 0.255 e. The van der Waals surface area contributed by atoms with Crippen LogP contribution in [0.2, 0.25) is 5.02 Å². The van der Waals surface area contributed by atoms with Crippen molar-refractivity contribution in [3.8, 4) is 0 Å². The molecule has 0 radical (unpaired) electrons. The van der Waals surface area contributed by atoms with Crippen LogP contribution in [0.15, 0.2) is 47.4 Å². The summed E-state index contributed by atoms with van der Waals surface area (Å²) in [5.74, 6) is -0.362. The van der Waals surface area contributed by atoms with Gasteiger partial charge in [-0.3, -0.25) is 4.79 Å². The zero-order valence-corrected chi connectivity index (χ0v) is 13.6. The van der Waals surface area contributed by atoms with E-state index in [-0.39, 0.29) is 10.8 Å². The lowest BCUT2D eigenvalue weighted by atomic mass is 10.2. The monoisotopic (exact) mass is 338 g/mol. The number of halogens is 1. The van der Waals surface area contributed by atoms with Gasteiger partial charge < -0.3 is 5.32 Å². The Hall–Kier alpha value is -1.89. The summed E-state index contributed by atoms with van der Waals surface area (Å²) >= 11 is 6.06. The van der Waals surface area contributed by atoms with E-state index < -0.39 is 10.0 Å². The van der Waals surface area contributed by atoms with Gasteiger partial charge in [-0.25, -0.2) is 13.1 Å². The average molecular weight is 339 g/mol. The van der Waals surface area contributed by atoms with Crippen molar-refractivity contribution in [3.05, 3.63) is 58.6 Å². The van der Waals surface area contributed by atoms with Gasteiger partial charge in [-0.1, -0.05) is 17.7 Å². The van der Waals surface area contributed by atoms with Crippen molar-refractivity contribution in [1.82, 2.24) is 4.72 Å². The number of hydrogen-bond donors (Lipinski definition) is 2.